The molecule has 0 heterocycles. The van der Waals surface area contributed by atoms with Crippen LogP contribution in [0.2, 0.25) is 5.02 Å². The van der Waals surface area contributed by atoms with Crippen molar-refractivity contribution in [2.75, 3.05) is 6.61 Å². The molecule has 6 nitrogen and oxygen atoms in total. The van der Waals surface area contributed by atoms with E-state index in [4.69, 9.17) is 28.6 Å². The summed E-state index contributed by atoms with van der Waals surface area (Å²) in [6, 6.07) is 16.0. The lowest BCUT2D eigenvalue weighted by Gasteiger charge is -2.11. The Morgan fingerprint density at radius 3 is 2.36 bits per heavy atom. The average molecular weight is 378 g/mol. The van der Waals surface area contributed by atoms with Crippen molar-refractivity contribution < 1.29 is 14.3 Å². The van der Waals surface area contributed by atoms with Gasteiger partial charge in [-0.1, -0.05) is 54.1 Å². The lowest BCUT2D eigenvalue weighted by molar-refractivity contribution is -0.122. The number of hydrazine groups is 1. The van der Waals surface area contributed by atoms with E-state index in [1.54, 1.807) is 24.3 Å². The van der Waals surface area contributed by atoms with Gasteiger partial charge in [-0.2, -0.15) is 0 Å². The smallest absolute Gasteiger partial charge is 0.264 e. The molecule has 3 N–H and O–H groups in total. The maximum Gasteiger partial charge on any atom is 0.264 e. The predicted octanol–water partition coefficient (Wildman–Crippen LogP) is 1.98. The van der Waals surface area contributed by atoms with E-state index in [9.17, 15) is 9.59 Å². The molecule has 25 heavy (non-hydrogen) atoms. The molecule has 0 saturated carbocycles. The summed E-state index contributed by atoms with van der Waals surface area (Å²) in [6.07, 6.45) is 0.194. The predicted molar refractivity (Wildman–Crippen MR) is 99.1 cm³/mol. The third-order valence-electron chi connectivity index (χ3n) is 2.97. The van der Waals surface area contributed by atoms with Crippen molar-refractivity contribution in [3.63, 3.8) is 0 Å². The van der Waals surface area contributed by atoms with Crippen molar-refractivity contribution >= 4 is 40.7 Å². The van der Waals surface area contributed by atoms with Gasteiger partial charge in [-0.25, -0.2) is 0 Å². The van der Waals surface area contributed by atoms with Crippen LogP contribution in [0.5, 0.6) is 5.75 Å². The van der Waals surface area contributed by atoms with Crippen LogP contribution in [0, 0.1) is 0 Å². The number of rotatable bonds is 5. The number of amides is 2. The Hall–Kier alpha value is -2.64. The molecule has 130 valence electrons. The summed E-state index contributed by atoms with van der Waals surface area (Å²) in [5.41, 5.74) is 5.74. The number of hydrogen-bond donors (Lipinski definition) is 3. The molecule has 0 spiro atoms. The van der Waals surface area contributed by atoms with Crippen LogP contribution in [-0.2, 0) is 16.0 Å². The topological polar surface area (TPSA) is 79.5 Å². The molecule has 0 radical (unpaired) electrons. The fraction of sp³-hybridized carbons (Fsp3) is 0.118. The van der Waals surface area contributed by atoms with Crippen molar-refractivity contribution in [3.05, 3.63) is 65.2 Å². The van der Waals surface area contributed by atoms with Crippen LogP contribution in [0.25, 0.3) is 0 Å². The second-order valence-electron chi connectivity index (χ2n) is 4.93. The second kappa shape index (κ2) is 9.61. The number of thiocarbonyl (C=S) groups is 1. The minimum absolute atomic E-state index is 0.0332. The molecule has 0 fully saturated rings. The van der Waals surface area contributed by atoms with E-state index in [1.165, 1.54) is 0 Å². The van der Waals surface area contributed by atoms with Gasteiger partial charge in [0, 0.05) is 0 Å². The number of hydrogen-bond acceptors (Lipinski definition) is 4. The molecule has 8 heteroatoms. The third kappa shape index (κ3) is 6.78. The third-order valence-corrected chi connectivity index (χ3v) is 3.49. The lowest BCUT2D eigenvalue weighted by Crippen LogP contribution is -2.49. The van der Waals surface area contributed by atoms with E-state index in [0.29, 0.717) is 10.8 Å². The zero-order chi connectivity index (χ0) is 18.1. The van der Waals surface area contributed by atoms with Gasteiger partial charge in [-0.05, 0) is 29.9 Å². The van der Waals surface area contributed by atoms with Gasteiger partial charge in [0.1, 0.15) is 5.75 Å². The monoisotopic (exact) mass is 377 g/mol. The number of para-hydroxylation sites is 1. The van der Waals surface area contributed by atoms with Gasteiger partial charge in [0.2, 0.25) is 5.91 Å². The van der Waals surface area contributed by atoms with Crippen molar-refractivity contribution in [2.45, 2.75) is 6.42 Å². The van der Waals surface area contributed by atoms with Gasteiger partial charge in [0.05, 0.1) is 11.4 Å². The van der Waals surface area contributed by atoms with E-state index >= 15 is 0 Å². The van der Waals surface area contributed by atoms with Gasteiger partial charge in [-0.3, -0.25) is 25.8 Å². The first-order valence-electron chi connectivity index (χ1n) is 7.34. The zero-order valence-electron chi connectivity index (χ0n) is 13.1. The van der Waals surface area contributed by atoms with Crippen LogP contribution in [-0.4, -0.2) is 23.5 Å². The number of halogens is 1. The van der Waals surface area contributed by atoms with Gasteiger partial charge in [-0.15, -0.1) is 0 Å². The number of carbonyl (C=O) groups is 2. The van der Waals surface area contributed by atoms with Gasteiger partial charge >= 0.3 is 0 Å². The molecule has 0 aliphatic rings. The summed E-state index contributed by atoms with van der Waals surface area (Å²) in [6.45, 7) is -0.260. The van der Waals surface area contributed by atoms with E-state index in [2.05, 4.69) is 16.2 Å². The number of carbonyl (C=O) groups excluding carboxylic acids is 2. The van der Waals surface area contributed by atoms with Gasteiger partial charge in [0.25, 0.3) is 5.91 Å². The Bertz CT molecular complexity index is 756. The highest BCUT2D eigenvalue weighted by molar-refractivity contribution is 7.80. The molecule has 0 aliphatic heterocycles. The first-order chi connectivity index (χ1) is 12.0. The Balaban J connectivity index is 1.68. The second-order valence-corrected chi connectivity index (χ2v) is 5.75. The minimum Gasteiger partial charge on any atom is -0.482 e. The summed E-state index contributed by atoms with van der Waals surface area (Å²) in [5, 5.41) is 2.76. The van der Waals surface area contributed by atoms with Crippen LogP contribution in [0.1, 0.15) is 5.56 Å². The lowest BCUT2D eigenvalue weighted by atomic mass is 10.1. The summed E-state index contributed by atoms with van der Waals surface area (Å²) in [7, 11) is 0. The average Bonchev–Trinajstić information content (AvgIpc) is 2.60. The minimum atomic E-state index is -0.477. The van der Waals surface area contributed by atoms with E-state index in [-0.39, 0.29) is 24.0 Å². The molecule has 2 amide bonds. The van der Waals surface area contributed by atoms with Crippen molar-refractivity contribution in [3.8, 4) is 5.75 Å². The van der Waals surface area contributed by atoms with E-state index in [0.717, 1.165) is 5.56 Å². The molecule has 0 aromatic heterocycles. The Morgan fingerprint density at radius 1 is 0.960 bits per heavy atom. The summed E-state index contributed by atoms with van der Waals surface area (Å²) in [5.74, 6) is -0.362. The van der Waals surface area contributed by atoms with Crippen LogP contribution < -0.4 is 20.9 Å². The van der Waals surface area contributed by atoms with Crippen LogP contribution in [0.15, 0.2) is 54.6 Å². The van der Waals surface area contributed by atoms with Crippen LogP contribution in [0.4, 0.5) is 0 Å². The van der Waals surface area contributed by atoms with Crippen LogP contribution in [0.3, 0.4) is 0 Å². The first kappa shape index (κ1) is 18.7. The molecule has 2 aromatic rings. The summed E-state index contributed by atoms with van der Waals surface area (Å²) < 4.78 is 5.29. The van der Waals surface area contributed by atoms with Crippen molar-refractivity contribution in [1.29, 1.82) is 0 Å². The first-order valence-corrected chi connectivity index (χ1v) is 8.13. The van der Waals surface area contributed by atoms with Gasteiger partial charge in [0.15, 0.2) is 11.7 Å². The normalized spacial score (nSPS) is 9.80. The Morgan fingerprint density at radius 2 is 1.64 bits per heavy atom. The maximum atomic E-state index is 11.8. The molecular weight excluding hydrogens is 362 g/mol. The van der Waals surface area contributed by atoms with Crippen molar-refractivity contribution in [1.82, 2.24) is 16.2 Å². The molecule has 0 atom stereocenters. The molecule has 0 unspecified atom stereocenters. The quantitative estimate of drug-likeness (QED) is 0.548. The number of benzene rings is 2. The largest absolute Gasteiger partial charge is 0.482 e. The van der Waals surface area contributed by atoms with Gasteiger partial charge < -0.3 is 4.74 Å². The number of ether oxygens (including phenoxy) is 1. The van der Waals surface area contributed by atoms with E-state index in [1.807, 2.05) is 30.3 Å². The molecule has 2 aromatic carbocycles. The molecule has 0 saturated heterocycles. The Labute approximate surface area is 155 Å². The molecule has 0 aliphatic carbocycles. The van der Waals surface area contributed by atoms with Crippen molar-refractivity contribution in [2.24, 2.45) is 0 Å². The molecule has 0 bridgehead atoms. The van der Waals surface area contributed by atoms with E-state index < -0.39 is 5.91 Å². The van der Waals surface area contributed by atoms with Crippen LogP contribution >= 0.6 is 23.8 Å². The highest BCUT2D eigenvalue weighted by Crippen LogP contribution is 2.22. The maximum absolute atomic E-state index is 11.8. The summed E-state index contributed by atoms with van der Waals surface area (Å²) in [4.78, 5) is 23.5. The fourth-order valence-electron chi connectivity index (χ4n) is 1.85. The molecular formula is C17H16ClN3O3S. The highest BCUT2D eigenvalue weighted by Gasteiger charge is 2.08. The standard InChI is InChI=1S/C17H16ClN3O3S/c18-13-8-4-5-9-14(13)24-11-16(23)19-17(25)21-20-15(22)10-12-6-2-1-3-7-12/h1-9H,10-11H2,(H,20,22)(H2,19,21,23,25). The molecule has 2 rings (SSSR count). The number of nitrogens with one attached hydrogen (secondary N) is 3. The SMILES string of the molecule is O=C(Cc1ccccc1)NNC(=S)NC(=O)COc1ccccc1Cl. The fourth-order valence-corrected chi connectivity index (χ4v) is 2.21. The Kier molecular flexibility index (Phi) is 7.18. The zero-order valence-corrected chi connectivity index (χ0v) is 14.7. The highest BCUT2D eigenvalue weighted by atomic mass is 35.5. The summed E-state index contributed by atoms with van der Waals surface area (Å²) >= 11 is 10.9.